The lowest BCUT2D eigenvalue weighted by Crippen LogP contribution is -2.30. The Balaban J connectivity index is 1.67. The number of imidazole rings is 1. The van der Waals surface area contributed by atoms with Gasteiger partial charge in [0.05, 0.1) is 38.8 Å². The van der Waals surface area contributed by atoms with Crippen LogP contribution in [0.3, 0.4) is 0 Å². The van der Waals surface area contributed by atoms with E-state index in [9.17, 15) is 0 Å². The summed E-state index contributed by atoms with van der Waals surface area (Å²) in [6.45, 7) is 0.915. The number of aromatic nitrogens is 2. The maximum Gasteiger partial charge on any atom is 0.256 e. The highest BCUT2D eigenvalue weighted by atomic mass is 35.5. The second-order valence-corrected chi connectivity index (χ2v) is 8.02. The molecule has 168 valence electrons. The average Bonchev–Trinajstić information content (AvgIpc) is 3.53. The van der Waals surface area contributed by atoms with E-state index in [2.05, 4.69) is 4.98 Å². The lowest BCUT2D eigenvalue weighted by Gasteiger charge is -2.25. The van der Waals surface area contributed by atoms with Crippen molar-refractivity contribution in [1.29, 1.82) is 0 Å². The van der Waals surface area contributed by atoms with Crippen molar-refractivity contribution in [1.82, 2.24) is 9.97 Å². The van der Waals surface area contributed by atoms with Crippen LogP contribution in [0.1, 0.15) is 11.4 Å². The number of H-pyrrole nitrogens is 1. The molecule has 2 heterocycles. The van der Waals surface area contributed by atoms with Gasteiger partial charge in [0.25, 0.3) is 5.79 Å². The maximum atomic E-state index is 6.17. The Labute approximate surface area is 197 Å². The molecule has 0 aliphatic carbocycles. The zero-order chi connectivity index (χ0) is 22.8. The van der Waals surface area contributed by atoms with Gasteiger partial charge < -0.3 is 23.9 Å². The minimum absolute atomic E-state index is 0.457. The molecule has 5 rings (SSSR count). The highest BCUT2D eigenvalue weighted by Gasteiger charge is 2.44. The molecule has 1 saturated heterocycles. The molecule has 1 aliphatic heterocycles. The van der Waals surface area contributed by atoms with Crippen LogP contribution in [0.15, 0.2) is 72.8 Å². The van der Waals surface area contributed by atoms with Crippen LogP contribution in [-0.2, 0) is 15.3 Å². The van der Waals surface area contributed by atoms with Gasteiger partial charge in [0.15, 0.2) is 5.82 Å². The van der Waals surface area contributed by atoms with E-state index in [1.807, 2.05) is 72.8 Å². The number of rotatable bonds is 6. The third-order valence-electron chi connectivity index (χ3n) is 5.68. The monoisotopic (exact) mass is 462 g/mol. The molecule has 1 N–H and O–H groups in total. The largest absolute Gasteiger partial charge is 0.497 e. The van der Waals surface area contributed by atoms with Crippen molar-refractivity contribution in [2.45, 2.75) is 5.79 Å². The summed E-state index contributed by atoms with van der Waals surface area (Å²) < 4.78 is 23.0. The summed E-state index contributed by atoms with van der Waals surface area (Å²) in [6, 6.07) is 23.1. The summed E-state index contributed by atoms with van der Waals surface area (Å²) in [5.74, 6) is 0.987. The standard InChI is InChI=1S/C26H23ClN2O4/c1-30-21-11-3-17(4-12-21)23-24(18-5-13-22(31-2)14-6-18)29-25(28-23)26(32-15-16-33-26)19-7-9-20(27)10-8-19/h3-14H,15-16H2,1-2H3,(H,28,29). The summed E-state index contributed by atoms with van der Waals surface area (Å²) in [7, 11) is 3.30. The van der Waals surface area contributed by atoms with E-state index >= 15 is 0 Å². The topological polar surface area (TPSA) is 65.6 Å². The first-order valence-electron chi connectivity index (χ1n) is 10.6. The van der Waals surface area contributed by atoms with E-state index in [0.29, 0.717) is 24.1 Å². The van der Waals surface area contributed by atoms with Crippen molar-refractivity contribution >= 4 is 11.6 Å². The molecule has 0 spiro atoms. The number of hydrogen-bond donors (Lipinski definition) is 1. The molecular formula is C26H23ClN2O4. The highest BCUT2D eigenvalue weighted by molar-refractivity contribution is 6.30. The zero-order valence-corrected chi connectivity index (χ0v) is 19.1. The highest BCUT2D eigenvalue weighted by Crippen LogP contribution is 2.41. The van der Waals surface area contributed by atoms with Crippen LogP contribution in [0.2, 0.25) is 5.02 Å². The molecule has 1 aliphatic rings. The van der Waals surface area contributed by atoms with Gasteiger partial charge in [-0.15, -0.1) is 0 Å². The van der Waals surface area contributed by atoms with Crippen molar-refractivity contribution in [3.05, 3.63) is 89.2 Å². The van der Waals surface area contributed by atoms with Crippen LogP contribution < -0.4 is 9.47 Å². The first-order chi connectivity index (χ1) is 16.1. The fourth-order valence-corrected chi connectivity index (χ4v) is 4.10. The van der Waals surface area contributed by atoms with Gasteiger partial charge >= 0.3 is 0 Å². The molecule has 4 aromatic rings. The first-order valence-corrected chi connectivity index (χ1v) is 10.9. The molecule has 0 saturated carbocycles. The molecule has 6 nitrogen and oxygen atoms in total. The maximum absolute atomic E-state index is 6.17. The van der Waals surface area contributed by atoms with Gasteiger partial charge in [-0.2, -0.15) is 0 Å². The minimum atomic E-state index is -1.14. The Hall–Kier alpha value is -3.32. The molecule has 0 amide bonds. The lowest BCUT2D eigenvalue weighted by atomic mass is 10.0. The van der Waals surface area contributed by atoms with E-state index in [1.165, 1.54) is 0 Å². The zero-order valence-electron chi connectivity index (χ0n) is 18.3. The second-order valence-electron chi connectivity index (χ2n) is 7.59. The summed E-state index contributed by atoms with van der Waals surface area (Å²) in [5, 5.41) is 0.643. The Morgan fingerprint density at radius 1 is 0.788 bits per heavy atom. The van der Waals surface area contributed by atoms with Crippen LogP contribution in [0.5, 0.6) is 11.5 Å². The second kappa shape index (κ2) is 8.90. The fourth-order valence-electron chi connectivity index (χ4n) is 3.98. The summed E-state index contributed by atoms with van der Waals surface area (Å²) in [6.07, 6.45) is 0. The van der Waals surface area contributed by atoms with Gasteiger partial charge in [-0.25, -0.2) is 4.98 Å². The number of methoxy groups -OCH3 is 2. The number of nitrogens with one attached hydrogen (secondary N) is 1. The molecule has 0 atom stereocenters. The predicted molar refractivity (Wildman–Crippen MR) is 127 cm³/mol. The first kappa shape index (κ1) is 21.5. The van der Waals surface area contributed by atoms with Gasteiger partial charge in [-0.1, -0.05) is 23.7 Å². The van der Waals surface area contributed by atoms with Crippen LogP contribution in [0.25, 0.3) is 22.5 Å². The lowest BCUT2D eigenvalue weighted by molar-refractivity contribution is -0.135. The molecule has 0 unspecified atom stereocenters. The molecule has 3 aromatic carbocycles. The Bertz CT molecular complexity index is 1160. The van der Waals surface area contributed by atoms with Crippen molar-refractivity contribution in [2.75, 3.05) is 27.4 Å². The number of aromatic amines is 1. The van der Waals surface area contributed by atoms with Crippen LogP contribution >= 0.6 is 11.6 Å². The van der Waals surface area contributed by atoms with Gasteiger partial charge in [0.1, 0.15) is 11.5 Å². The van der Waals surface area contributed by atoms with Crippen LogP contribution in [-0.4, -0.2) is 37.4 Å². The molecule has 0 radical (unpaired) electrons. The number of hydrogen-bond acceptors (Lipinski definition) is 5. The van der Waals surface area contributed by atoms with Gasteiger partial charge in [-0.05, 0) is 60.7 Å². The van der Waals surface area contributed by atoms with Crippen LogP contribution in [0.4, 0.5) is 0 Å². The minimum Gasteiger partial charge on any atom is -0.497 e. The fraction of sp³-hybridized carbons (Fsp3) is 0.192. The molecule has 1 fully saturated rings. The summed E-state index contributed by atoms with van der Waals surface area (Å²) in [5.41, 5.74) is 4.36. The third-order valence-corrected chi connectivity index (χ3v) is 5.93. The number of benzene rings is 3. The average molecular weight is 463 g/mol. The summed E-state index contributed by atoms with van der Waals surface area (Å²) in [4.78, 5) is 8.49. The van der Waals surface area contributed by atoms with Gasteiger partial charge in [0.2, 0.25) is 0 Å². The van der Waals surface area contributed by atoms with Crippen molar-refractivity contribution < 1.29 is 18.9 Å². The molecular weight excluding hydrogens is 440 g/mol. The Morgan fingerprint density at radius 2 is 1.33 bits per heavy atom. The molecule has 0 bridgehead atoms. The normalized spacial score (nSPS) is 14.9. The molecule has 7 heteroatoms. The molecule has 33 heavy (non-hydrogen) atoms. The van der Waals surface area contributed by atoms with E-state index in [-0.39, 0.29) is 0 Å². The Morgan fingerprint density at radius 3 is 1.88 bits per heavy atom. The quantitative estimate of drug-likeness (QED) is 0.400. The predicted octanol–water partition coefficient (Wildman–Crippen LogP) is 5.66. The SMILES string of the molecule is COc1ccc(-c2nc(C3(c4ccc(Cl)cc4)OCCO3)[nH]c2-c2ccc(OC)cc2)cc1. The van der Waals surface area contributed by atoms with E-state index in [0.717, 1.165) is 39.6 Å². The van der Waals surface area contributed by atoms with Crippen molar-refractivity contribution in [3.8, 4) is 34.0 Å². The van der Waals surface area contributed by atoms with Gasteiger partial charge in [0, 0.05) is 21.7 Å². The van der Waals surface area contributed by atoms with Crippen LogP contribution in [0, 0.1) is 0 Å². The smallest absolute Gasteiger partial charge is 0.256 e. The van der Waals surface area contributed by atoms with E-state index in [4.69, 9.17) is 35.5 Å². The third kappa shape index (κ3) is 3.97. The Kier molecular flexibility index (Phi) is 5.81. The van der Waals surface area contributed by atoms with Crippen molar-refractivity contribution in [2.24, 2.45) is 0 Å². The number of nitrogens with zero attached hydrogens (tertiary/aromatic N) is 1. The number of ether oxygens (including phenoxy) is 4. The molecule has 1 aromatic heterocycles. The summed E-state index contributed by atoms with van der Waals surface area (Å²) >= 11 is 6.12. The van der Waals surface area contributed by atoms with Crippen molar-refractivity contribution in [3.63, 3.8) is 0 Å². The van der Waals surface area contributed by atoms with E-state index in [1.54, 1.807) is 14.2 Å². The van der Waals surface area contributed by atoms with E-state index < -0.39 is 5.79 Å². The number of halogens is 1. The van der Waals surface area contributed by atoms with Gasteiger partial charge in [-0.3, -0.25) is 0 Å².